The van der Waals surface area contributed by atoms with Crippen LogP contribution in [0, 0.1) is 13.8 Å². The van der Waals surface area contributed by atoms with Crippen LogP contribution in [0.5, 0.6) is 0 Å². The molecule has 1 aromatic rings. The van der Waals surface area contributed by atoms with E-state index in [2.05, 4.69) is 10.0 Å². The Morgan fingerprint density at radius 2 is 1.76 bits per heavy atom. The zero-order valence-corrected chi connectivity index (χ0v) is 14.9. The first-order valence-corrected chi connectivity index (χ1v) is 8.84. The maximum atomic E-state index is 12.7. The average Bonchev–Trinajstić information content (AvgIpc) is 2.60. The van der Waals surface area contributed by atoms with Gasteiger partial charge in [0.15, 0.2) is 0 Å². The predicted molar refractivity (Wildman–Crippen MR) is 84.8 cm³/mol. The van der Waals surface area contributed by atoms with Crippen LogP contribution < -0.4 is 10.0 Å². The van der Waals surface area contributed by atoms with Crippen LogP contribution in [0.25, 0.3) is 0 Å². The molecule has 5 nitrogen and oxygen atoms in total. The lowest BCUT2D eigenvalue weighted by atomic mass is 10.0. The van der Waals surface area contributed by atoms with E-state index in [9.17, 15) is 8.42 Å². The van der Waals surface area contributed by atoms with E-state index in [1.807, 2.05) is 34.6 Å². The van der Waals surface area contributed by atoms with Gasteiger partial charge in [-0.25, -0.2) is 13.1 Å². The summed E-state index contributed by atoms with van der Waals surface area (Å²) in [6.45, 7) is 13.7. The van der Waals surface area contributed by atoms with E-state index < -0.39 is 15.6 Å². The smallest absolute Gasteiger partial charge is 0.244 e. The fourth-order valence-corrected chi connectivity index (χ4v) is 3.99. The number of aryl methyl sites for hydroxylation is 2. The molecule has 0 aromatic carbocycles. The van der Waals surface area contributed by atoms with Crippen molar-refractivity contribution in [3.05, 3.63) is 17.1 Å². The summed E-state index contributed by atoms with van der Waals surface area (Å²) in [5.74, 6) is 1.09. The first-order valence-electron chi connectivity index (χ1n) is 7.36. The third kappa shape index (κ3) is 4.56. The molecule has 0 aliphatic carbocycles. The molecule has 0 amide bonds. The van der Waals surface area contributed by atoms with Crippen LogP contribution in [0.3, 0.4) is 0 Å². The normalized spacial score (nSPS) is 13.1. The Kier molecular flexibility index (Phi) is 5.63. The minimum absolute atomic E-state index is 0.273. The second-order valence-corrected chi connectivity index (χ2v) is 8.02. The van der Waals surface area contributed by atoms with Crippen LogP contribution >= 0.6 is 0 Å². The van der Waals surface area contributed by atoms with Crippen LogP contribution in [0.15, 0.2) is 9.31 Å². The zero-order chi connectivity index (χ0) is 16.4. The van der Waals surface area contributed by atoms with Crippen molar-refractivity contribution in [2.24, 2.45) is 0 Å². The van der Waals surface area contributed by atoms with Crippen LogP contribution in [0.4, 0.5) is 0 Å². The molecule has 1 rings (SSSR count). The van der Waals surface area contributed by atoms with Crippen molar-refractivity contribution in [3.8, 4) is 0 Å². The van der Waals surface area contributed by atoms with Crippen LogP contribution in [0.2, 0.25) is 0 Å². The Hall–Kier alpha value is -0.850. The zero-order valence-electron chi connectivity index (χ0n) is 14.1. The highest BCUT2D eigenvalue weighted by atomic mass is 32.2. The summed E-state index contributed by atoms with van der Waals surface area (Å²) in [5.41, 5.74) is 0.222. The largest absolute Gasteiger partial charge is 0.465 e. The molecule has 0 radical (unpaired) electrons. The third-order valence-corrected chi connectivity index (χ3v) is 5.47. The number of nitrogens with one attached hydrogen (secondary N) is 2. The lowest BCUT2D eigenvalue weighted by Gasteiger charge is -2.24. The monoisotopic (exact) mass is 316 g/mol. The maximum absolute atomic E-state index is 12.7. The quantitative estimate of drug-likeness (QED) is 0.811. The number of rotatable bonds is 7. The van der Waals surface area contributed by atoms with Gasteiger partial charge in [-0.2, -0.15) is 0 Å². The van der Waals surface area contributed by atoms with Gasteiger partial charge in [-0.05, 0) is 34.1 Å². The molecule has 1 heterocycles. The van der Waals surface area contributed by atoms with Crippen molar-refractivity contribution in [1.82, 2.24) is 10.0 Å². The van der Waals surface area contributed by atoms with Crippen molar-refractivity contribution < 1.29 is 12.8 Å². The molecule has 6 heteroatoms. The van der Waals surface area contributed by atoms with Gasteiger partial charge in [0.2, 0.25) is 10.0 Å². The Bertz CT molecular complexity index is 586. The number of hydrogen-bond donors (Lipinski definition) is 2. The maximum Gasteiger partial charge on any atom is 0.244 e. The summed E-state index contributed by atoms with van der Waals surface area (Å²) in [6, 6.07) is 0.273. The highest BCUT2D eigenvalue weighted by Crippen LogP contribution is 2.28. The van der Waals surface area contributed by atoms with E-state index in [4.69, 9.17) is 4.42 Å². The minimum Gasteiger partial charge on any atom is -0.465 e. The molecule has 0 atom stereocenters. The summed E-state index contributed by atoms with van der Waals surface area (Å²) in [4.78, 5) is 0.273. The lowest BCUT2D eigenvalue weighted by Crippen LogP contribution is -2.43. The Morgan fingerprint density at radius 3 is 2.24 bits per heavy atom. The molecule has 0 saturated heterocycles. The molecule has 0 bridgehead atoms. The molecule has 0 spiro atoms. The molecule has 2 N–H and O–H groups in total. The highest BCUT2D eigenvalue weighted by Gasteiger charge is 2.31. The number of furan rings is 1. The Labute approximate surface area is 128 Å². The van der Waals surface area contributed by atoms with Gasteiger partial charge in [-0.15, -0.1) is 0 Å². The second-order valence-electron chi connectivity index (χ2n) is 6.40. The molecule has 1 aromatic heterocycles. The molecular weight excluding hydrogens is 288 g/mol. The number of hydrogen-bond acceptors (Lipinski definition) is 4. The fraction of sp³-hybridized carbons (Fsp3) is 0.733. The first kappa shape index (κ1) is 18.2. The van der Waals surface area contributed by atoms with E-state index in [0.717, 1.165) is 0 Å². The van der Waals surface area contributed by atoms with Gasteiger partial charge < -0.3 is 9.73 Å². The van der Waals surface area contributed by atoms with E-state index in [-0.39, 0.29) is 10.9 Å². The highest BCUT2D eigenvalue weighted by molar-refractivity contribution is 7.89. The van der Waals surface area contributed by atoms with Crippen LogP contribution in [-0.2, 0) is 16.6 Å². The third-order valence-electron chi connectivity index (χ3n) is 3.58. The van der Waals surface area contributed by atoms with Gasteiger partial charge in [0.1, 0.15) is 16.4 Å². The number of sulfonamides is 1. The lowest BCUT2D eigenvalue weighted by molar-refractivity contribution is 0.437. The summed E-state index contributed by atoms with van der Waals surface area (Å²) in [7, 11) is -3.60. The molecule has 0 aliphatic heterocycles. The SMILES string of the molecule is CCC(C)(C)NS(=O)(=O)c1c(C)oc(C)c1CNC(C)C. The van der Waals surface area contributed by atoms with Gasteiger partial charge in [0.05, 0.1) is 0 Å². The molecule has 0 unspecified atom stereocenters. The van der Waals surface area contributed by atoms with Crippen molar-refractivity contribution in [2.75, 3.05) is 0 Å². The van der Waals surface area contributed by atoms with E-state index in [1.165, 1.54) is 0 Å². The predicted octanol–water partition coefficient (Wildman–Crippen LogP) is 2.86. The standard InChI is InChI=1S/C15H28N2O3S/c1-8-15(6,7)17-21(18,19)14-12(5)20-11(4)13(14)9-16-10(2)3/h10,16-17H,8-9H2,1-7H3. The second kappa shape index (κ2) is 6.50. The van der Waals surface area contributed by atoms with E-state index >= 15 is 0 Å². The van der Waals surface area contributed by atoms with Crippen LogP contribution in [-0.4, -0.2) is 20.0 Å². The van der Waals surface area contributed by atoms with Crippen molar-refractivity contribution in [2.45, 2.75) is 77.9 Å². The topological polar surface area (TPSA) is 71.3 Å². The van der Waals surface area contributed by atoms with Gasteiger partial charge in [-0.1, -0.05) is 20.8 Å². The van der Waals surface area contributed by atoms with Gasteiger partial charge >= 0.3 is 0 Å². The fourth-order valence-electron chi connectivity index (χ4n) is 2.06. The Morgan fingerprint density at radius 1 is 1.19 bits per heavy atom. The van der Waals surface area contributed by atoms with Crippen LogP contribution in [0.1, 0.15) is 58.1 Å². The summed E-state index contributed by atoms with van der Waals surface area (Å²) < 4.78 is 33.7. The van der Waals surface area contributed by atoms with Crippen molar-refractivity contribution >= 4 is 10.0 Å². The van der Waals surface area contributed by atoms with Gasteiger partial charge in [0.25, 0.3) is 0 Å². The van der Waals surface area contributed by atoms with Gasteiger partial charge in [0, 0.05) is 23.7 Å². The molecule has 21 heavy (non-hydrogen) atoms. The average molecular weight is 316 g/mol. The van der Waals surface area contributed by atoms with Gasteiger partial charge in [-0.3, -0.25) is 0 Å². The van der Waals surface area contributed by atoms with Crippen molar-refractivity contribution in [1.29, 1.82) is 0 Å². The molecular formula is C15H28N2O3S. The minimum atomic E-state index is -3.60. The summed E-state index contributed by atoms with van der Waals surface area (Å²) in [6.07, 6.45) is 0.710. The van der Waals surface area contributed by atoms with E-state index in [1.54, 1.807) is 13.8 Å². The summed E-state index contributed by atoms with van der Waals surface area (Å²) in [5, 5.41) is 3.25. The molecule has 0 aliphatic rings. The molecule has 0 fully saturated rings. The first-order chi connectivity index (χ1) is 9.50. The molecule has 122 valence electrons. The van der Waals surface area contributed by atoms with Crippen molar-refractivity contribution in [3.63, 3.8) is 0 Å². The van der Waals surface area contributed by atoms with E-state index in [0.29, 0.717) is 30.0 Å². The summed E-state index contributed by atoms with van der Waals surface area (Å²) >= 11 is 0. The Balaban J connectivity index is 3.22. The molecule has 0 saturated carbocycles.